The molecule has 0 radical (unpaired) electrons. The first kappa shape index (κ1) is 12.3. The van der Waals surface area contributed by atoms with E-state index in [1.54, 1.807) is 0 Å². The van der Waals surface area contributed by atoms with Crippen molar-refractivity contribution in [3.63, 3.8) is 0 Å². The van der Waals surface area contributed by atoms with Gasteiger partial charge in [0.05, 0.1) is 5.92 Å². The van der Waals surface area contributed by atoms with E-state index in [1.807, 2.05) is 0 Å². The quantitative estimate of drug-likeness (QED) is 0.842. The van der Waals surface area contributed by atoms with Crippen molar-refractivity contribution in [3.05, 3.63) is 30.1 Å². The Morgan fingerprint density at radius 2 is 2.00 bits per heavy atom. The minimum atomic E-state index is -0.882. The van der Waals surface area contributed by atoms with Gasteiger partial charge in [0.25, 0.3) is 0 Å². The molecule has 1 atom stereocenters. The molecule has 1 aliphatic heterocycles. The number of nitrogens with zero attached hydrogens (tertiary/aromatic N) is 1. The summed E-state index contributed by atoms with van der Waals surface area (Å²) in [7, 11) is 0. The van der Waals surface area contributed by atoms with E-state index >= 15 is 0 Å². The van der Waals surface area contributed by atoms with Gasteiger partial charge in [0.15, 0.2) is 0 Å². The third kappa shape index (κ3) is 2.77. The van der Waals surface area contributed by atoms with Crippen LogP contribution in [0.1, 0.15) is 6.42 Å². The van der Waals surface area contributed by atoms with Gasteiger partial charge in [-0.15, -0.1) is 0 Å². The molecule has 0 aromatic heterocycles. The maximum atomic E-state index is 12.7. The molecule has 18 heavy (non-hydrogen) atoms. The Hall–Kier alpha value is -2.11. The van der Waals surface area contributed by atoms with Crippen LogP contribution in [0.5, 0.6) is 0 Å². The Bertz CT molecular complexity index is 461. The molecule has 6 heteroatoms. The highest BCUT2D eigenvalue weighted by molar-refractivity contribution is 5.90. The largest absolute Gasteiger partial charge is 0.481 e. The molecule has 0 aliphatic carbocycles. The molecular formula is C12H13FN2O3. The highest BCUT2D eigenvalue weighted by atomic mass is 19.1. The van der Waals surface area contributed by atoms with Crippen LogP contribution in [-0.2, 0) is 4.79 Å². The van der Waals surface area contributed by atoms with Gasteiger partial charge in [0.1, 0.15) is 5.82 Å². The summed E-state index contributed by atoms with van der Waals surface area (Å²) in [6.07, 6.45) is 0.464. The van der Waals surface area contributed by atoms with Crippen molar-refractivity contribution < 1.29 is 19.1 Å². The summed E-state index contributed by atoms with van der Waals surface area (Å²) >= 11 is 0. The number of urea groups is 1. The van der Waals surface area contributed by atoms with Crippen molar-refractivity contribution in [1.29, 1.82) is 0 Å². The lowest BCUT2D eigenvalue weighted by molar-refractivity contribution is -0.141. The second kappa shape index (κ2) is 5.03. The summed E-state index contributed by atoms with van der Waals surface area (Å²) in [6, 6.07) is 5.06. The Morgan fingerprint density at radius 3 is 2.56 bits per heavy atom. The average molecular weight is 252 g/mol. The van der Waals surface area contributed by atoms with Crippen molar-refractivity contribution in [3.8, 4) is 0 Å². The van der Waals surface area contributed by atoms with Gasteiger partial charge in [-0.25, -0.2) is 9.18 Å². The summed E-state index contributed by atoms with van der Waals surface area (Å²) in [5.74, 6) is -1.75. The number of carboxylic acid groups (broad SMARTS) is 1. The lowest BCUT2D eigenvalue weighted by Crippen LogP contribution is -2.33. The van der Waals surface area contributed by atoms with Gasteiger partial charge in [-0.3, -0.25) is 4.79 Å². The molecule has 1 aliphatic rings. The standard InChI is InChI=1S/C12H13FN2O3/c13-9-1-3-10(4-2-9)14-12(18)15-6-5-8(7-15)11(16)17/h1-4,8H,5-7H2,(H,14,18)(H,16,17). The van der Waals surface area contributed by atoms with Gasteiger partial charge in [-0.1, -0.05) is 0 Å². The number of carbonyl (C=O) groups is 2. The fourth-order valence-electron chi connectivity index (χ4n) is 1.88. The molecule has 0 bridgehead atoms. The number of anilines is 1. The summed E-state index contributed by atoms with van der Waals surface area (Å²) in [5, 5.41) is 11.4. The molecule has 0 saturated carbocycles. The van der Waals surface area contributed by atoms with Crippen LogP contribution in [-0.4, -0.2) is 35.1 Å². The monoisotopic (exact) mass is 252 g/mol. The van der Waals surface area contributed by atoms with Crippen LogP contribution in [0.25, 0.3) is 0 Å². The van der Waals surface area contributed by atoms with Gasteiger partial charge < -0.3 is 15.3 Å². The van der Waals surface area contributed by atoms with Gasteiger partial charge in [-0.2, -0.15) is 0 Å². The molecule has 0 spiro atoms. The number of carbonyl (C=O) groups excluding carboxylic acids is 1. The fraction of sp³-hybridized carbons (Fsp3) is 0.333. The third-order valence-electron chi connectivity index (χ3n) is 2.92. The Balaban J connectivity index is 1.93. The summed E-state index contributed by atoms with van der Waals surface area (Å²) < 4.78 is 12.7. The maximum Gasteiger partial charge on any atom is 0.321 e. The van der Waals surface area contributed by atoms with Crippen molar-refractivity contribution in [2.45, 2.75) is 6.42 Å². The first-order valence-electron chi connectivity index (χ1n) is 5.60. The SMILES string of the molecule is O=C(O)C1CCN(C(=O)Nc2ccc(F)cc2)C1. The molecular weight excluding hydrogens is 239 g/mol. The van der Waals surface area contributed by atoms with Crippen LogP contribution in [0, 0.1) is 11.7 Å². The van der Waals surface area contributed by atoms with E-state index in [2.05, 4.69) is 5.32 Å². The molecule has 1 unspecified atom stereocenters. The zero-order valence-electron chi connectivity index (χ0n) is 9.60. The molecule has 1 aromatic rings. The molecule has 1 heterocycles. The van der Waals surface area contributed by atoms with Crippen molar-refractivity contribution in [1.82, 2.24) is 4.90 Å². The maximum absolute atomic E-state index is 12.7. The molecule has 96 valence electrons. The zero-order chi connectivity index (χ0) is 13.1. The number of nitrogens with one attached hydrogen (secondary N) is 1. The number of hydrogen-bond donors (Lipinski definition) is 2. The predicted octanol–water partition coefficient (Wildman–Crippen LogP) is 1.76. The van der Waals surface area contributed by atoms with Crippen molar-refractivity contribution in [2.24, 2.45) is 5.92 Å². The van der Waals surface area contributed by atoms with Gasteiger partial charge in [-0.05, 0) is 30.7 Å². The van der Waals surface area contributed by atoms with Crippen LogP contribution in [0.3, 0.4) is 0 Å². The van der Waals surface area contributed by atoms with Crippen LogP contribution >= 0.6 is 0 Å². The Labute approximate surface area is 103 Å². The van der Waals surface area contributed by atoms with Crippen LogP contribution in [0.15, 0.2) is 24.3 Å². The normalized spacial score (nSPS) is 18.7. The number of aliphatic carboxylic acids is 1. The van der Waals surface area contributed by atoms with E-state index < -0.39 is 11.9 Å². The summed E-state index contributed by atoms with van der Waals surface area (Å²) in [5.41, 5.74) is 0.486. The number of hydrogen-bond acceptors (Lipinski definition) is 2. The lowest BCUT2D eigenvalue weighted by Gasteiger charge is -2.16. The number of benzene rings is 1. The number of likely N-dealkylation sites (tertiary alicyclic amines) is 1. The minimum absolute atomic E-state index is 0.211. The van der Waals surface area contributed by atoms with E-state index in [-0.39, 0.29) is 18.4 Å². The molecule has 1 fully saturated rings. The second-order valence-electron chi connectivity index (χ2n) is 4.21. The first-order chi connectivity index (χ1) is 8.56. The first-order valence-corrected chi connectivity index (χ1v) is 5.60. The smallest absolute Gasteiger partial charge is 0.321 e. The van der Waals surface area contributed by atoms with Crippen LogP contribution in [0.2, 0.25) is 0 Å². The van der Waals surface area contributed by atoms with Crippen molar-refractivity contribution in [2.75, 3.05) is 18.4 Å². The molecule has 2 rings (SSSR count). The second-order valence-corrected chi connectivity index (χ2v) is 4.21. The van der Waals surface area contributed by atoms with Crippen LogP contribution in [0.4, 0.5) is 14.9 Å². The summed E-state index contributed by atoms with van der Waals surface area (Å²) in [4.78, 5) is 24.0. The highest BCUT2D eigenvalue weighted by Gasteiger charge is 2.30. The Kier molecular flexibility index (Phi) is 3.45. The van der Waals surface area contributed by atoms with Crippen molar-refractivity contribution >= 4 is 17.7 Å². The van der Waals surface area contributed by atoms with E-state index in [9.17, 15) is 14.0 Å². The summed E-state index contributed by atoms with van der Waals surface area (Å²) in [6.45, 7) is 0.631. The van der Waals surface area contributed by atoms with Crippen LogP contribution < -0.4 is 5.32 Å². The average Bonchev–Trinajstić information content (AvgIpc) is 2.81. The highest BCUT2D eigenvalue weighted by Crippen LogP contribution is 2.18. The topological polar surface area (TPSA) is 69.6 Å². The Morgan fingerprint density at radius 1 is 1.33 bits per heavy atom. The molecule has 5 nitrogen and oxygen atoms in total. The third-order valence-corrected chi connectivity index (χ3v) is 2.92. The number of halogens is 1. The van der Waals surface area contributed by atoms with E-state index in [0.29, 0.717) is 18.7 Å². The lowest BCUT2D eigenvalue weighted by atomic mass is 10.1. The fourth-order valence-corrected chi connectivity index (χ4v) is 1.88. The van der Waals surface area contributed by atoms with E-state index in [4.69, 9.17) is 5.11 Å². The predicted molar refractivity (Wildman–Crippen MR) is 62.7 cm³/mol. The number of rotatable bonds is 2. The number of carboxylic acids is 1. The van der Waals surface area contributed by atoms with E-state index in [0.717, 1.165) is 0 Å². The van der Waals surface area contributed by atoms with Gasteiger partial charge >= 0.3 is 12.0 Å². The molecule has 1 aromatic carbocycles. The molecule has 2 amide bonds. The zero-order valence-corrected chi connectivity index (χ0v) is 9.60. The van der Waals surface area contributed by atoms with E-state index in [1.165, 1.54) is 29.2 Å². The molecule has 1 saturated heterocycles. The number of amides is 2. The van der Waals surface area contributed by atoms with Gasteiger partial charge in [0.2, 0.25) is 0 Å². The molecule has 2 N–H and O–H groups in total. The van der Waals surface area contributed by atoms with Gasteiger partial charge in [0, 0.05) is 18.8 Å². The minimum Gasteiger partial charge on any atom is -0.481 e.